The van der Waals surface area contributed by atoms with Gasteiger partial charge in [0.05, 0.1) is 4.90 Å². The molecule has 0 aromatic heterocycles. The summed E-state index contributed by atoms with van der Waals surface area (Å²) >= 11 is 0. The summed E-state index contributed by atoms with van der Waals surface area (Å²) in [5, 5.41) is 0. The van der Waals surface area contributed by atoms with Gasteiger partial charge >= 0.3 is 59.1 Å². The minimum Gasteiger partial charge on any atom is -0.544 e. The van der Waals surface area contributed by atoms with Gasteiger partial charge in [0.25, 0.3) is 0 Å². The van der Waals surface area contributed by atoms with E-state index in [1.807, 2.05) is 20.8 Å². The van der Waals surface area contributed by atoms with Crippen LogP contribution in [0.3, 0.4) is 0 Å². The Morgan fingerprint density at radius 3 is 1.40 bits per heavy atom. The van der Waals surface area contributed by atoms with E-state index >= 15 is 0 Å². The predicted octanol–water partition coefficient (Wildman–Crippen LogP) is -0.840. The molecule has 1 atom stereocenters. The quantitative estimate of drug-likeness (QED) is 0.222. The summed E-state index contributed by atoms with van der Waals surface area (Å²) in [6.07, 6.45) is 0. The van der Waals surface area contributed by atoms with E-state index in [1.165, 1.54) is 36.4 Å². The molecule has 0 unspecified atom stereocenters. The number of hydrogen-bond acceptors (Lipinski definition) is 6. The molecule has 3 aromatic rings. The molecule has 0 heterocycles. The Morgan fingerprint density at radius 2 is 1.00 bits per heavy atom. The molecule has 0 spiro atoms. The molecular formula is C28H35N3Na2O6S3. The first-order valence-electron chi connectivity index (χ1n) is 12.7. The van der Waals surface area contributed by atoms with Crippen LogP contribution in [0.1, 0.15) is 30.5 Å². The maximum absolute atomic E-state index is 13.7. The summed E-state index contributed by atoms with van der Waals surface area (Å²) in [6, 6.07) is 17.7. The largest absolute Gasteiger partial charge is 1.00 e. The van der Waals surface area contributed by atoms with Crippen LogP contribution in [0.4, 0.5) is 0 Å². The van der Waals surface area contributed by atoms with Gasteiger partial charge in [-0.1, -0.05) is 72.9 Å². The van der Waals surface area contributed by atoms with Crippen molar-refractivity contribution in [3.05, 3.63) is 98.9 Å². The number of aryl methyl sites for hydroxylation is 3. The molecular weight excluding hydrogens is 617 g/mol. The monoisotopic (exact) mass is 651 g/mol. The first-order valence-corrected chi connectivity index (χ1v) is 17.0. The Hall–Kier alpha value is -0.610. The van der Waals surface area contributed by atoms with Gasteiger partial charge in [0.2, 0.25) is 10.0 Å². The second kappa shape index (κ2) is 16.6. The number of rotatable bonds is 13. The SMILES string of the molecule is Cc1ccc(S(=O)(=O)[N-]CCN(C[C@@H]([N-]S(=O)(=O)c2ccc(C)cc2)C(C)C)S(=O)(=O)c2ccc(C)cc2)cc1.[Na+].[Na+]. The zero-order valence-electron chi connectivity index (χ0n) is 25.2. The molecule has 0 N–H and O–H groups in total. The van der Waals surface area contributed by atoms with Crippen molar-refractivity contribution in [1.29, 1.82) is 0 Å². The summed E-state index contributed by atoms with van der Waals surface area (Å²) in [6.45, 7) is 8.08. The molecule has 0 aliphatic carbocycles. The number of benzene rings is 3. The van der Waals surface area contributed by atoms with Crippen molar-refractivity contribution in [2.24, 2.45) is 5.92 Å². The third-order valence-electron chi connectivity index (χ3n) is 6.34. The molecule has 0 saturated heterocycles. The van der Waals surface area contributed by atoms with Crippen molar-refractivity contribution in [3.63, 3.8) is 0 Å². The molecule has 14 heteroatoms. The van der Waals surface area contributed by atoms with E-state index in [0.717, 1.165) is 21.0 Å². The summed E-state index contributed by atoms with van der Waals surface area (Å²) in [7, 11) is -12.2. The first-order chi connectivity index (χ1) is 18.6. The van der Waals surface area contributed by atoms with Crippen LogP contribution < -0.4 is 59.1 Å². The van der Waals surface area contributed by atoms with Crippen molar-refractivity contribution in [2.75, 3.05) is 19.6 Å². The Kier molecular flexibility index (Phi) is 15.6. The van der Waals surface area contributed by atoms with E-state index in [2.05, 4.69) is 9.44 Å². The van der Waals surface area contributed by atoms with Crippen LogP contribution in [0.5, 0.6) is 0 Å². The van der Waals surface area contributed by atoms with Gasteiger partial charge in [-0.15, -0.1) is 12.6 Å². The topological polar surface area (TPSA) is 134 Å². The molecule has 0 fully saturated rings. The molecule has 0 aliphatic heterocycles. The fraction of sp³-hybridized carbons (Fsp3) is 0.357. The second-order valence-electron chi connectivity index (χ2n) is 10.0. The van der Waals surface area contributed by atoms with Gasteiger partial charge in [-0.05, 0) is 70.3 Å². The number of nitrogens with zero attached hydrogens (tertiary/aromatic N) is 3. The van der Waals surface area contributed by atoms with Crippen molar-refractivity contribution in [1.82, 2.24) is 4.31 Å². The normalized spacial score (nSPS) is 12.9. The van der Waals surface area contributed by atoms with Crippen LogP contribution in [0.15, 0.2) is 87.5 Å². The van der Waals surface area contributed by atoms with Crippen molar-refractivity contribution >= 4 is 30.1 Å². The van der Waals surface area contributed by atoms with E-state index in [-0.39, 0.29) is 99.4 Å². The summed E-state index contributed by atoms with van der Waals surface area (Å²) in [5.74, 6) is -0.343. The fourth-order valence-corrected chi connectivity index (χ4v) is 7.42. The van der Waals surface area contributed by atoms with E-state index in [4.69, 9.17) is 0 Å². The maximum Gasteiger partial charge on any atom is 1.00 e. The number of sulfonamides is 3. The standard InChI is InChI=1S/C28H35N3O6S3.2Na/c1-21(2)28(30-39(34,35)26-14-8-23(4)9-15-26)20-31(40(36,37)27-16-10-24(5)11-17-27)19-18-29-38(32,33)25-12-6-22(3)7-13-25;;/h6-17,21,28H,18-20H2,1-5H3;;/q-2;2*+1/t28-;;/m1../s1. The van der Waals surface area contributed by atoms with E-state index in [1.54, 1.807) is 50.2 Å². The molecule has 218 valence electrons. The third kappa shape index (κ3) is 10.8. The summed E-state index contributed by atoms with van der Waals surface area (Å²) in [5.41, 5.74) is 2.64. The molecule has 0 radical (unpaired) electrons. The zero-order chi connectivity index (χ0) is 29.7. The first kappa shape index (κ1) is 39.4. The van der Waals surface area contributed by atoms with Crippen molar-refractivity contribution in [2.45, 2.75) is 55.3 Å². The van der Waals surface area contributed by atoms with Crippen LogP contribution in [0, 0.1) is 26.7 Å². The Labute approximate surface area is 295 Å². The minimum atomic E-state index is -4.14. The number of hydrogen-bond donors (Lipinski definition) is 0. The van der Waals surface area contributed by atoms with E-state index in [9.17, 15) is 25.3 Å². The summed E-state index contributed by atoms with van der Waals surface area (Å²) < 4.78 is 88.0. The molecule has 42 heavy (non-hydrogen) atoms. The molecule has 0 saturated carbocycles. The minimum absolute atomic E-state index is 0. The zero-order valence-corrected chi connectivity index (χ0v) is 31.7. The van der Waals surface area contributed by atoms with E-state index in [0.29, 0.717) is 0 Å². The fourth-order valence-electron chi connectivity index (χ4n) is 3.75. The van der Waals surface area contributed by atoms with Gasteiger partial charge < -0.3 is 9.44 Å². The molecule has 9 nitrogen and oxygen atoms in total. The molecule has 3 rings (SSSR count). The third-order valence-corrected chi connectivity index (χ3v) is 11.0. The maximum atomic E-state index is 13.7. The van der Waals surface area contributed by atoms with Gasteiger partial charge in [-0.3, -0.25) is 0 Å². The Morgan fingerprint density at radius 1 is 0.619 bits per heavy atom. The van der Waals surface area contributed by atoms with Crippen molar-refractivity contribution < 1.29 is 84.4 Å². The average molecular weight is 652 g/mol. The molecule has 0 amide bonds. The van der Waals surface area contributed by atoms with Crippen LogP contribution >= 0.6 is 0 Å². The summed E-state index contributed by atoms with van der Waals surface area (Å²) in [4.78, 5) is 0.0181. The average Bonchev–Trinajstić information content (AvgIpc) is 2.88. The van der Waals surface area contributed by atoms with E-state index < -0.39 is 36.1 Å². The van der Waals surface area contributed by atoms with Crippen LogP contribution in [-0.4, -0.2) is 55.2 Å². The predicted molar refractivity (Wildman–Crippen MR) is 157 cm³/mol. The van der Waals surface area contributed by atoms with Crippen LogP contribution in [-0.2, 0) is 30.1 Å². The van der Waals surface area contributed by atoms with Crippen LogP contribution in [0.25, 0.3) is 9.44 Å². The van der Waals surface area contributed by atoms with Gasteiger partial charge in [-0.25, -0.2) is 29.6 Å². The smallest absolute Gasteiger partial charge is 0.544 e. The van der Waals surface area contributed by atoms with Gasteiger partial charge in [0.15, 0.2) is 0 Å². The second-order valence-corrected chi connectivity index (χ2v) is 15.3. The Bertz CT molecular complexity index is 1610. The molecule has 3 aromatic carbocycles. The molecule has 0 aliphatic rings. The van der Waals surface area contributed by atoms with Gasteiger partial charge in [0, 0.05) is 9.79 Å². The van der Waals surface area contributed by atoms with Gasteiger partial charge in [0.1, 0.15) is 20.0 Å². The Balaban J connectivity index is 0.00000441. The molecule has 0 bridgehead atoms. The van der Waals surface area contributed by atoms with Crippen molar-refractivity contribution in [3.8, 4) is 0 Å². The van der Waals surface area contributed by atoms with Crippen LogP contribution in [0.2, 0.25) is 0 Å². The van der Waals surface area contributed by atoms with Gasteiger partial charge in [-0.2, -0.15) is 0 Å².